The van der Waals surface area contributed by atoms with Crippen LogP contribution in [0.1, 0.15) is 25.9 Å². The molecule has 3 heterocycles. The van der Waals surface area contributed by atoms with Gasteiger partial charge in [0.15, 0.2) is 0 Å². The molecule has 2 aromatic carbocycles. The van der Waals surface area contributed by atoms with E-state index in [1.165, 1.54) is 11.3 Å². The Kier molecular flexibility index (Phi) is 5.41. The Bertz CT molecular complexity index is 1320. The van der Waals surface area contributed by atoms with E-state index in [2.05, 4.69) is 27.0 Å². The summed E-state index contributed by atoms with van der Waals surface area (Å²) in [6.45, 7) is 6.88. The van der Waals surface area contributed by atoms with Gasteiger partial charge in [-0.3, -0.25) is 4.79 Å². The Balaban J connectivity index is 1.56. The number of fused-ring (bicyclic) bond motifs is 1. The van der Waals surface area contributed by atoms with Crippen molar-refractivity contribution >= 4 is 45.3 Å². The van der Waals surface area contributed by atoms with Crippen LogP contribution in [0.2, 0.25) is 5.02 Å². The molecule has 1 aliphatic heterocycles. The quantitative estimate of drug-likeness (QED) is 0.396. The number of H-pyrrole nitrogens is 1. The molecule has 164 valence electrons. The Morgan fingerprint density at radius 2 is 1.91 bits per heavy atom. The summed E-state index contributed by atoms with van der Waals surface area (Å²) in [5.41, 5.74) is 4.41. The van der Waals surface area contributed by atoms with E-state index in [-0.39, 0.29) is 17.2 Å². The summed E-state index contributed by atoms with van der Waals surface area (Å²) in [4.78, 5) is 23.3. The molecule has 4 aromatic rings. The van der Waals surface area contributed by atoms with Gasteiger partial charge < -0.3 is 19.7 Å². The van der Waals surface area contributed by atoms with Crippen LogP contribution >= 0.6 is 22.9 Å². The van der Waals surface area contributed by atoms with Gasteiger partial charge in [-0.05, 0) is 43.7 Å². The average molecular weight is 468 g/mol. The van der Waals surface area contributed by atoms with Gasteiger partial charge in [-0.25, -0.2) is 4.98 Å². The summed E-state index contributed by atoms with van der Waals surface area (Å²) in [7, 11) is 0. The summed E-state index contributed by atoms with van der Waals surface area (Å²) in [5.74, 6) is -0.404. The van der Waals surface area contributed by atoms with Crippen LogP contribution < -0.4 is 4.90 Å². The van der Waals surface area contributed by atoms with Gasteiger partial charge in [-0.1, -0.05) is 23.7 Å². The summed E-state index contributed by atoms with van der Waals surface area (Å²) in [5, 5.41) is 12.5. The maximum Gasteiger partial charge on any atom is 0.210 e. The fraction of sp³-hybridized carbons (Fsp3) is 0.250. The number of aryl methyl sites for hydroxylation is 2. The molecule has 0 amide bonds. The summed E-state index contributed by atoms with van der Waals surface area (Å²) in [6, 6.07) is 11.8. The lowest BCUT2D eigenvalue weighted by atomic mass is 10.00. The second kappa shape index (κ2) is 8.24. The molecule has 0 saturated carbocycles. The van der Waals surface area contributed by atoms with Gasteiger partial charge in [0.1, 0.15) is 0 Å². The number of anilines is 1. The third kappa shape index (κ3) is 3.66. The number of benzene rings is 2. The van der Waals surface area contributed by atoms with Gasteiger partial charge in [-0.2, -0.15) is 0 Å². The molecular weight excluding hydrogens is 446 g/mol. The van der Waals surface area contributed by atoms with Gasteiger partial charge in [0.2, 0.25) is 11.7 Å². The maximum absolute atomic E-state index is 13.3. The number of aromatic amines is 1. The predicted molar refractivity (Wildman–Crippen MR) is 128 cm³/mol. The Labute approximate surface area is 194 Å². The molecular formula is C24H22ClN3O3S. The fourth-order valence-electron chi connectivity index (χ4n) is 4.18. The smallest absolute Gasteiger partial charge is 0.210 e. The van der Waals surface area contributed by atoms with Gasteiger partial charge in [0.25, 0.3) is 0 Å². The number of ketones is 1. The highest BCUT2D eigenvalue weighted by Crippen LogP contribution is 2.38. The third-order valence-electron chi connectivity index (χ3n) is 5.76. The summed E-state index contributed by atoms with van der Waals surface area (Å²) < 4.78 is 5.43. The summed E-state index contributed by atoms with van der Waals surface area (Å²) >= 11 is 7.92. The molecule has 8 heteroatoms. The molecule has 2 N–H and O–H groups in total. The number of thiazole rings is 1. The highest BCUT2D eigenvalue weighted by molar-refractivity contribution is 7.14. The molecule has 0 bridgehead atoms. The lowest BCUT2D eigenvalue weighted by Crippen LogP contribution is -2.36. The molecule has 6 nitrogen and oxygen atoms in total. The topological polar surface area (TPSA) is 78.4 Å². The van der Waals surface area contributed by atoms with Gasteiger partial charge >= 0.3 is 0 Å². The highest BCUT2D eigenvalue weighted by Gasteiger charge is 2.24. The second-order valence-electron chi connectivity index (χ2n) is 7.85. The minimum absolute atomic E-state index is 0.161. The van der Waals surface area contributed by atoms with E-state index in [1.54, 1.807) is 13.0 Å². The number of rotatable bonds is 4. The number of morpholine rings is 1. The summed E-state index contributed by atoms with van der Waals surface area (Å²) in [6.07, 6.45) is 0. The minimum Gasteiger partial charge on any atom is -0.494 e. The van der Waals surface area contributed by atoms with Crippen molar-refractivity contribution in [2.45, 2.75) is 13.8 Å². The van der Waals surface area contributed by atoms with Crippen LogP contribution in [-0.4, -0.2) is 47.2 Å². The number of halogens is 1. The standard InChI is InChI=1S/C24H22ClN3O3S/c1-13-23(32-14(2)26-13)22(29)21-18-11-17(19(25)12-20(18)27-24(21)30)15-3-5-16(6-4-15)28-7-9-31-10-8-28/h3-6,11-12,27,30H,7-10H2,1-2H3. The van der Waals surface area contributed by atoms with Crippen molar-refractivity contribution in [3.8, 4) is 17.0 Å². The normalized spacial score (nSPS) is 14.3. The van der Waals surface area contributed by atoms with Crippen molar-refractivity contribution in [3.63, 3.8) is 0 Å². The molecule has 1 saturated heterocycles. The number of carbonyl (C=O) groups is 1. The van der Waals surface area contributed by atoms with Crippen LogP contribution in [0.4, 0.5) is 5.69 Å². The number of aromatic nitrogens is 2. The Morgan fingerprint density at radius 1 is 1.19 bits per heavy atom. The van der Waals surface area contributed by atoms with E-state index < -0.39 is 0 Å². The van der Waals surface area contributed by atoms with Crippen molar-refractivity contribution in [1.82, 2.24) is 9.97 Å². The lowest BCUT2D eigenvalue weighted by molar-refractivity contribution is 0.104. The monoisotopic (exact) mass is 467 g/mol. The van der Waals surface area contributed by atoms with Crippen LogP contribution in [0.3, 0.4) is 0 Å². The number of nitrogens with zero attached hydrogens (tertiary/aromatic N) is 2. The minimum atomic E-state index is -0.243. The molecule has 0 radical (unpaired) electrons. The van der Waals surface area contributed by atoms with Crippen molar-refractivity contribution in [2.24, 2.45) is 0 Å². The molecule has 0 spiro atoms. The van der Waals surface area contributed by atoms with Crippen molar-refractivity contribution in [2.75, 3.05) is 31.2 Å². The van der Waals surface area contributed by atoms with E-state index in [0.717, 1.165) is 48.1 Å². The second-order valence-corrected chi connectivity index (χ2v) is 9.46. The van der Waals surface area contributed by atoms with E-state index in [0.29, 0.717) is 26.5 Å². The van der Waals surface area contributed by atoms with E-state index in [4.69, 9.17) is 16.3 Å². The number of nitrogens with one attached hydrogen (secondary N) is 1. The average Bonchev–Trinajstić information content (AvgIpc) is 3.30. The number of aromatic hydroxyl groups is 1. The molecule has 0 atom stereocenters. The number of hydrogen-bond donors (Lipinski definition) is 2. The van der Waals surface area contributed by atoms with Crippen molar-refractivity contribution in [1.29, 1.82) is 0 Å². The first-order chi connectivity index (χ1) is 15.4. The van der Waals surface area contributed by atoms with E-state index in [9.17, 15) is 9.90 Å². The Hall–Kier alpha value is -2.87. The first-order valence-corrected chi connectivity index (χ1v) is 11.6. The van der Waals surface area contributed by atoms with Crippen LogP contribution in [0, 0.1) is 13.8 Å². The predicted octanol–water partition coefficient (Wildman–Crippen LogP) is 5.33. The molecule has 0 unspecified atom stereocenters. The van der Waals surface area contributed by atoms with Gasteiger partial charge in [0, 0.05) is 29.7 Å². The largest absolute Gasteiger partial charge is 0.494 e. The SMILES string of the molecule is Cc1nc(C)c(C(=O)c2c(O)[nH]c3cc(Cl)c(-c4ccc(N5CCOCC5)cc4)cc23)s1. The first kappa shape index (κ1) is 21.0. The van der Waals surface area contributed by atoms with E-state index >= 15 is 0 Å². The Morgan fingerprint density at radius 3 is 2.56 bits per heavy atom. The molecule has 32 heavy (non-hydrogen) atoms. The molecule has 5 rings (SSSR count). The molecule has 1 fully saturated rings. The fourth-order valence-corrected chi connectivity index (χ4v) is 5.32. The van der Waals surface area contributed by atoms with Crippen LogP contribution in [0.5, 0.6) is 5.88 Å². The number of ether oxygens (including phenoxy) is 1. The molecule has 1 aliphatic rings. The third-order valence-corrected chi connectivity index (χ3v) is 7.14. The van der Waals surface area contributed by atoms with Crippen LogP contribution in [0.15, 0.2) is 36.4 Å². The zero-order valence-electron chi connectivity index (χ0n) is 17.7. The number of carbonyl (C=O) groups excluding carboxylic acids is 1. The van der Waals surface area contributed by atoms with E-state index in [1.807, 2.05) is 25.1 Å². The van der Waals surface area contributed by atoms with Gasteiger partial charge in [-0.15, -0.1) is 11.3 Å². The van der Waals surface area contributed by atoms with Crippen LogP contribution in [-0.2, 0) is 4.74 Å². The van der Waals surface area contributed by atoms with Gasteiger partial charge in [0.05, 0.1) is 44.9 Å². The van der Waals surface area contributed by atoms with Crippen molar-refractivity contribution in [3.05, 3.63) is 62.6 Å². The number of hydrogen-bond acceptors (Lipinski definition) is 6. The first-order valence-electron chi connectivity index (χ1n) is 10.4. The maximum atomic E-state index is 13.3. The zero-order chi connectivity index (χ0) is 22.4. The van der Waals surface area contributed by atoms with Crippen LogP contribution in [0.25, 0.3) is 22.0 Å². The zero-order valence-corrected chi connectivity index (χ0v) is 19.3. The lowest BCUT2D eigenvalue weighted by Gasteiger charge is -2.29. The molecule has 2 aromatic heterocycles. The van der Waals surface area contributed by atoms with Crippen molar-refractivity contribution < 1.29 is 14.6 Å². The molecule has 0 aliphatic carbocycles. The highest BCUT2D eigenvalue weighted by atomic mass is 35.5.